The van der Waals surface area contributed by atoms with Crippen molar-refractivity contribution in [3.05, 3.63) is 75.5 Å². The van der Waals surface area contributed by atoms with Crippen molar-refractivity contribution in [2.24, 2.45) is 7.05 Å². The molecule has 0 aliphatic carbocycles. The highest BCUT2D eigenvalue weighted by atomic mass is 19.1. The summed E-state index contributed by atoms with van der Waals surface area (Å²) in [6.07, 6.45) is 7.44. The van der Waals surface area contributed by atoms with E-state index in [4.69, 9.17) is 11.2 Å². The SMILES string of the molecule is C#CC(=O)Nc1ccc(Oc2c(C)cc(F)cc2C)c(-c2cc(CC)c(=O)n(C)c2)c1. The first-order valence-corrected chi connectivity index (χ1v) is 9.79. The van der Waals surface area contributed by atoms with E-state index in [9.17, 15) is 14.0 Å². The fourth-order valence-corrected chi connectivity index (χ4v) is 3.44. The highest BCUT2D eigenvalue weighted by Crippen LogP contribution is 2.38. The normalized spacial score (nSPS) is 10.5. The van der Waals surface area contributed by atoms with E-state index in [-0.39, 0.29) is 11.4 Å². The Labute approximate surface area is 180 Å². The standard InChI is InChI=1S/C25H23FN2O3/c1-6-17-12-18(14-28(5)25(17)30)21-13-20(27-23(29)7-2)8-9-22(21)31-24-15(3)10-19(26)11-16(24)4/h2,8-14H,6H2,1,3-5H3,(H,27,29). The second kappa shape index (κ2) is 8.88. The van der Waals surface area contributed by atoms with Gasteiger partial charge < -0.3 is 14.6 Å². The van der Waals surface area contributed by atoms with Crippen LogP contribution in [0.2, 0.25) is 0 Å². The number of hydrogen-bond acceptors (Lipinski definition) is 3. The zero-order valence-corrected chi connectivity index (χ0v) is 17.9. The van der Waals surface area contributed by atoms with Gasteiger partial charge in [0.05, 0.1) is 0 Å². The van der Waals surface area contributed by atoms with Crippen molar-refractivity contribution in [3.8, 4) is 35.0 Å². The van der Waals surface area contributed by atoms with E-state index in [1.54, 1.807) is 45.3 Å². The molecule has 2 aromatic carbocycles. The van der Waals surface area contributed by atoms with Gasteiger partial charge in [0.25, 0.3) is 11.5 Å². The van der Waals surface area contributed by atoms with Crippen LogP contribution >= 0.6 is 0 Å². The fraction of sp³-hybridized carbons (Fsp3) is 0.200. The van der Waals surface area contributed by atoms with Gasteiger partial charge in [-0.05, 0) is 73.7 Å². The summed E-state index contributed by atoms with van der Waals surface area (Å²) in [6, 6.07) is 9.74. The fourth-order valence-electron chi connectivity index (χ4n) is 3.44. The molecule has 1 amide bonds. The van der Waals surface area contributed by atoms with Crippen molar-refractivity contribution in [1.82, 2.24) is 4.57 Å². The lowest BCUT2D eigenvalue weighted by Crippen LogP contribution is -2.20. The zero-order chi connectivity index (χ0) is 22.7. The molecule has 0 spiro atoms. The number of terminal acetylenes is 1. The highest BCUT2D eigenvalue weighted by molar-refractivity contribution is 6.03. The maximum absolute atomic E-state index is 13.7. The molecule has 158 valence electrons. The second-order valence-corrected chi connectivity index (χ2v) is 7.30. The van der Waals surface area contributed by atoms with Gasteiger partial charge >= 0.3 is 0 Å². The zero-order valence-electron chi connectivity index (χ0n) is 17.9. The molecule has 0 atom stereocenters. The van der Waals surface area contributed by atoms with Crippen LogP contribution < -0.4 is 15.6 Å². The van der Waals surface area contributed by atoms with E-state index in [1.165, 1.54) is 16.7 Å². The van der Waals surface area contributed by atoms with Gasteiger partial charge in [-0.15, -0.1) is 6.42 Å². The molecule has 0 aliphatic heterocycles. The Morgan fingerprint density at radius 1 is 1.19 bits per heavy atom. The Kier molecular flexibility index (Phi) is 6.26. The molecule has 0 fully saturated rings. The van der Waals surface area contributed by atoms with Gasteiger partial charge in [-0.25, -0.2) is 4.39 Å². The minimum Gasteiger partial charge on any atom is -0.456 e. The number of anilines is 1. The first kappa shape index (κ1) is 21.8. The number of pyridine rings is 1. The van der Waals surface area contributed by atoms with Crippen LogP contribution in [0.15, 0.2) is 47.4 Å². The predicted octanol–water partition coefficient (Wildman–Crippen LogP) is 4.73. The number of aromatic nitrogens is 1. The lowest BCUT2D eigenvalue weighted by Gasteiger charge is -2.17. The van der Waals surface area contributed by atoms with Crippen LogP contribution in [0.1, 0.15) is 23.6 Å². The largest absolute Gasteiger partial charge is 0.456 e. The van der Waals surface area contributed by atoms with Crippen molar-refractivity contribution >= 4 is 11.6 Å². The monoisotopic (exact) mass is 418 g/mol. The molecule has 3 rings (SSSR count). The van der Waals surface area contributed by atoms with Crippen LogP contribution in [0.4, 0.5) is 10.1 Å². The third-order valence-electron chi connectivity index (χ3n) is 4.96. The van der Waals surface area contributed by atoms with Crippen molar-refractivity contribution in [1.29, 1.82) is 0 Å². The van der Waals surface area contributed by atoms with Crippen LogP contribution in [0.25, 0.3) is 11.1 Å². The summed E-state index contributed by atoms with van der Waals surface area (Å²) in [7, 11) is 1.68. The van der Waals surface area contributed by atoms with Crippen molar-refractivity contribution in [2.75, 3.05) is 5.32 Å². The van der Waals surface area contributed by atoms with E-state index >= 15 is 0 Å². The van der Waals surface area contributed by atoms with Crippen molar-refractivity contribution in [2.45, 2.75) is 27.2 Å². The summed E-state index contributed by atoms with van der Waals surface area (Å²) in [5, 5.41) is 2.63. The molecular weight excluding hydrogens is 395 g/mol. The second-order valence-electron chi connectivity index (χ2n) is 7.30. The smallest absolute Gasteiger partial charge is 0.300 e. The van der Waals surface area contributed by atoms with Crippen LogP contribution in [-0.2, 0) is 18.3 Å². The number of amides is 1. The third kappa shape index (κ3) is 4.67. The number of nitrogens with one attached hydrogen (secondary N) is 1. The maximum Gasteiger partial charge on any atom is 0.300 e. The van der Waals surface area contributed by atoms with Gasteiger partial charge in [0.15, 0.2) is 0 Å². The highest BCUT2D eigenvalue weighted by Gasteiger charge is 2.15. The summed E-state index contributed by atoms with van der Waals surface area (Å²) in [4.78, 5) is 24.0. The van der Waals surface area contributed by atoms with Crippen LogP contribution in [0.3, 0.4) is 0 Å². The Hall–Kier alpha value is -3.85. The number of halogens is 1. The van der Waals surface area contributed by atoms with E-state index in [1.807, 2.05) is 18.9 Å². The maximum atomic E-state index is 13.7. The molecule has 0 unspecified atom stereocenters. The number of ether oxygens (including phenoxy) is 1. The number of nitrogens with zero attached hydrogens (tertiary/aromatic N) is 1. The molecule has 6 heteroatoms. The molecule has 31 heavy (non-hydrogen) atoms. The molecule has 0 saturated heterocycles. The van der Waals surface area contributed by atoms with Crippen LogP contribution in [0, 0.1) is 32.0 Å². The van der Waals surface area contributed by atoms with E-state index < -0.39 is 5.91 Å². The molecule has 0 bridgehead atoms. The van der Waals surface area contributed by atoms with Gasteiger partial charge in [-0.3, -0.25) is 9.59 Å². The molecule has 1 aromatic heterocycles. The molecule has 5 nitrogen and oxygen atoms in total. The van der Waals surface area contributed by atoms with Crippen LogP contribution in [0.5, 0.6) is 11.5 Å². The Morgan fingerprint density at radius 2 is 1.87 bits per heavy atom. The molecule has 0 saturated carbocycles. The van der Waals surface area contributed by atoms with Gasteiger partial charge in [-0.1, -0.05) is 6.92 Å². The van der Waals surface area contributed by atoms with E-state index in [0.717, 1.165) is 5.56 Å². The summed E-state index contributed by atoms with van der Waals surface area (Å²) in [5.74, 6) is 2.16. The number of rotatable bonds is 5. The molecule has 0 aliphatic rings. The minimum atomic E-state index is -0.570. The third-order valence-corrected chi connectivity index (χ3v) is 4.96. The Bertz CT molecular complexity index is 1250. The predicted molar refractivity (Wildman–Crippen MR) is 120 cm³/mol. The summed E-state index contributed by atoms with van der Waals surface area (Å²) < 4.78 is 21.4. The summed E-state index contributed by atoms with van der Waals surface area (Å²) in [5.41, 5.74) is 3.77. The topological polar surface area (TPSA) is 60.3 Å². The number of benzene rings is 2. The average Bonchev–Trinajstić information content (AvgIpc) is 2.73. The number of carbonyl (C=O) groups is 1. The van der Waals surface area contributed by atoms with Crippen molar-refractivity contribution in [3.63, 3.8) is 0 Å². The van der Waals surface area contributed by atoms with E-state index in [0.29, 0.717) is 45.9 Å². The van der Waals surface area contributed by atoms with Crippen LogP contribution in [-0.4, -0.2) is 10.5 Å². The quantitative estimate of drug-likeness (QED) is 0.609. The van der Waals surface area contributed by atoms with Gasteiger partial charge in [0.2, 0.25) is 0 Å². The Balaban J connectivity index is 2.19. The molecular formula is C25H23FN2O3. The number of hydrogen-bond donors (Lipinski definition) is 1. The lowest BCUT2D eigenvalue weighted by atomic mass is 10.0. The molecule has 0 radical (unpaired) electrons. The molecule has 3 aromatic rings. The van der Waals surface area contributed by atoms with Gasteiger partial charge in [0.1, 0.15) is 17.3 Å². The number of aryl methyl sites for hydroxylation is 4. The molecule has 1 N–H and O–H groups in total. The van der Waals surface area contributed by atoms with Gasteiger partial charge in [0, 0.05) is 35.6 Å². The van der Waals surface area contributed by atoms with Crippen molar-refractivity contribution < 1.29 is 13.9 Å². The summed E-state index contributed by atoms with van der Waals surface area (Å²) >= 11 is 0. The first-order chi connectivity index (χ1) is 14.7. The average molecular weight is 418 g/mol. The first-order valence-electron chi connectivity index (χ1n) is 9.79. The number of carbonyl (C=O) groups excluding carboxylic acids is 1. The summed E-state index contributed by atoms with van der Waals surface area (Å²) in [6.45, 7) is 5.45. The Morgan fingerprint density at radius 3 is 2.48 bits per heavy atom. The van der Waals surface area contributed by atoms with Gasteiger partial charge in [-0.2, -0.15) is 0 Å². The van der Waals surface area contributed by atoms with E-state index in [2.05, 4.69) is 5.32 Å². The molecule has 1 heterocycles. The lowest BCUT2D eigenvalue weighted by molar-refractivity contribution is -0.111. The minimum absolute atomic E-state index is 0.0734.